The number of nitrogens with one attached hydrogen (secondary N) is 1. The molecule has 26 heavy (non-hydrogen) atoms. The monoisotopic (exact) mass is 352 g/mol. The number of amides is 2. The van der Waals surface area contributed by atoms with Crippen molar-refractivity contribution in [2.24, 2.45) is 5.92 Å². The second kappa shape index (κ2) is 8.43. The number of piperidine rings is 1. The highest BCUT2D eigenvalue weighted by Gasteiger charge is 2.26. The van der Waals surface area contributed by atoms with Gasteiger partial charge in [-0.2, -0.15) is 0 Å². The van der Waals surface area contributed by atoms with Crippen molar-refractivity contribution in [3.05, 3.63) is 72.1 Å². The molecular formula is C21H21FN2O2. The van der Waals surface area contributed by atoms with Crippen LogP contribution in [0.2, 0.25) is 0 Å². The summed E-state index contributed by atoms with van der Waals surface area (Å²) in [6, 6.07) is 15.8. The standard InChI is InChI=1S/C21H21FN2O2/c22-18-8-4-5-9-19(18)23-21(26)17-12-14-24(15-13-17)20(25)11-10-16-6-2-1-3-7-16/h1-11,17H,12-15H2,(H,23,26)/b11-10+. The van der Waals surface area contributed by atoms with Crippen molar-refractivity contribution >= 4 is 23.6 Å². The molecule has 2 amide bonds. The largest absolute Gasteiger partial charge is 0.339 e. The van der Waals surface area contributed by atoms with E-state index in [9.17, 15) is 14.0 Å². The molecule has 0 spiro atoms. The Morgan fingerprint density at radius 2 is 1.65 bits per heavy atom. The first-order valence-electron chi connectivity index (χ1n) is 8.71. The van der Waals surface area contributed by atoms with Gasteiger partial charge in [-0.05, 0) is 36.6 Å². The third-order valence-electron chi connectivity index (χ3n) is 4.53. The van der Waals surface area contributed by atoms with E-state index in [0.717, 1.165) is 5.56 Å². The lowest BCUT2D eigenvalue weighted by molar-refractivity contribution is -0.130. The van der Waals surface area contributed by atoms with Crippen LogP contribution in [-0.2, 0) is 9.59 Å². The molecule has 1 N–H and O–H groups in total. The summed E-state index contributed by atoms with van der Waals surface area (Å²) in [6.07, 6.45) is 4.50. The molecule has 0 atom stereocenters. The molecule has 5 heteroatoms. The number of benzene rings is 2. The van der Waals surface area contributed by atoms with Gasteiger partial charge < -0.3 is 10.2 Å². The van der Waals surface area contributed by atoms with E-state index in [1.165, 1.54) is 6.07 Å². The van der Waals surface area contributed by atoms with Crippen LogP contribution in [0.3, 0.4) is 0 Å². The van der Waals surface area contributed by atoms with Crippen LogP contribution in [0.5, 0.6) is 0 Å². The summed E-state index contributed by atoms with van der Waals surface area (Å²) in [5, 5.41) is 2.64. The van der Waals surface area contributed by atoms with Gasteiger partial charge in [0.25, 0.3) is 0 Å². The molecule has 0 aliphatic carbocycles. The van der Waals surface area contributed by atoms with Crippen LogP contribution in [0.4, 0.5) is 10.1 Å². The highest BCUT2D eigenvalue weighted by Crippen LogP contribution is 2.21. The van der Waals surface area contributed by atoms with Crippen molar-refractivity contribution in [2.45, 2.75) is 12.8 Å². The number of hydrogen-bond donors (Lipinski definition) is 1. The molecule has 0 saturated carbocycles. The summed E-state index contributed by atoms with van der Waals surface area (Å²) in [5.74, 6) is -0.903. The van der Waals surface area contributed by atoms with E-state index in [0.29, 0.717) is 25.9 Å². The predicted octanol–water partition coefficient (Wildman–Crippen LogP) is 3.72. The lowest BCUT2D eigenvalue weighted by Gasteiger charge is -2.30. The maximum Gasteiger partial charge on any atom is 0.246 e. The smallest absolute Gasteiger partial charge is 0.246 e. The average molecular weight is 352 g/mol. The molecule has 2 aromatic rings. The Balaban J connectivity index is 1.50. The molecule has 3 rings (SSSR count). The summed E-state index contributed by atoms with van der Waals surface area (Å²) >= 11 is 0. The Labute approximate surface area is 152 Å². The molecule has 134 valence electrons. The molecule has 0 radical (unpaired) electrons. The van der Waals surface area contributed by atoms with E-state index in [1.807, 2.05) is 30.3 Å². The first-order valence-corrected chi connectivity index (χ1v) is 8.71. The number of rotatable bonds is 4. The van der Waals surface area contributed by atoms with Gasteiger partial charge in [-0.25, -0.2) is 4.39 Å². The molecule has 2 aromatic carbocycles. The van der Waals surface area contributed by atoms with Crippen LogP contribution in [-0.4, -0.2) is 29.8 Å². The number of carbonyl (C=O) groups is 2. The third kappa shape index (κ3) is 4.57. The molecule has 1 aliphatic heterocycles. The van der Waals surface area contributed by atoms with Gasteiger partial charge in [-0.1, -0.05) is 42.5 Å². The SMILES string of the molecule is O=C(Nc1ccccc1F)C1CCN(C(=O)/C=C/c2ccccc2)CC1. The summed E-state index contributed by atoms with van der Waals surface area (Å²) < 4.78 is 13.6. The molecule has 1 aliphatic rings. The number of carbonyl (C=O) groups excluding carboxylic acids is 2. The van der Waals surface area contributed by atoms with Gasteiger partial charge in [0.1, 0.15) is 5.82 Å². The summed E-state index contributed by atoms with van der Waals surface area (Å²) in [7, 11) is 0. The summed E-state index contributed by atoms with van der Waals surface area (Å²) in [4.78, 5) is 26.3. The third-order valence-corrected chi connectivity index (χ3v) is 4.53. The van der Waals surface area contributed by atoms with Gasteiger partial charge >= 0.3 is 0 Å². The number of halogens is 1. The maximum absolute atomic E-state index is 13.6. The van der Waals surface area contributed by atoms with Gasteiger partial charge in [-0.3, -0.25) is 9.59 Å². The van der Waals surface area contributed by atoms with Gasteiger partial charge in [-0.15, -0.1) is 0 Å². The van der Waals surface area contributed by atoms with Crippen molar-refractivity contribution in [1.82, 2.24) is 4.90 Å². The number of anilines is 1. The van der Waals surface area contributed by atoms with Crippen molar-refractivity contribution in [3.63, 3.8) is 0 Å². The predicted molar refractivity (Wildman–Crippen MR) is 99.8 cm³/mol. The summed E-state index contributed by atoms with van der Waals surface area (Å²) in [6.45, 7) is 1.04. The van der Waals surface area contributed by atoms with Crippen LogP contribution < -0.4 is 5.32 Å². The fraction of sp³-hybridized carbons (Fsp3) is 0.238. The topological polar surface area (TPSA) is 49.4 Å². The second-order valence-electron chi connectivity index (χ2n) is 6.31. The van der Waals surface area contributed by atoms with Crippen LogP contribution in [0.15, 0.2) is 60.7 Å². The van der Waals surface area contributed by atoms with Crippen LogP contribution in [0, 0.1) is 11.7 Å². The van der Waals surface area contributed by atoms with E-state index in [2.05, 4.69) is 5.32 Å². The molecule has 4 nitrogen and oxygen atoms in total. The van der Waals surface area contributed by atoms with Crippen LogP contribution in [0.1, 0.15) is 18.4 Å². The minimum atomic E-state index is -0.445. The zero-order valence-corrected chi connectivity index (χ0v) is 14.4. The van der Waals surface area contributed by atoms with Crippen LogP contribution in [0.25, 0.3) is 6.08 Å². The van der Waals surface area contributed by atoms with Gasteiger partial charge in [0.2, 0.25) is 11.8 Å². The zero-order valence-electron chi connectivity index (χ0n) is 14.4. The van der Waals surface area contributed by atoms with Gasteiger partial charge in [0.05, 0.1) is 5.69 Å². The molecule has 0 bridgehead atoms. The first-order chi connectivity index (χ1) is 12.6. The number of para-hydroxylation sites is 1. The zero-order chi connectivity index (χ0) is 18.4. The Morgan fingerprint density at radius 1 is 1.00 bits per heavy atom. The quantitative estimate of drug-likeness (QED) is 0.853. The Bertz CT molecular complexity index is 797. The average Bonchev–Trinajstić information content (AvgIpc) is 2.69. The number of hydrogen-bond acceptors (Lipinski definition) is 2. The van der Waals surface area contributed by atoms with Crippen molar-refractivity contribution in [2.75, 3.05) is 18.4 Å². The normalized spacial score (nSPS) is 15.2. The van der Waals surface area contributed by atoms with Crippen LogP contribution >= 0.6 is 0 Å². The van der Waals surface area contributed by atoms with E-state index in [-0.39, 0.29) is 23.4 Å². The lowest BCUT2D eigenvalue weighted by atomic mass is 9.95. The van der Waals surface area contributed by atoms with E-state index in [4.69, 9.17) is 0 Å². The molecule has 0 aromatic heterocycles. The fourth-order valence-electron chi connectivity index (χ4n) is 3.00. The van der Waals surface area contributed by atoms with Crippen molar-refractivity contribution in [1.29, 1.82) is 0 Å². The number of nitrogens with zero attached hydrogens (tertiary/aromatic N) is 1. The highest BCUT2D eigenvalue weighted by molar-refractivity contribution is 5.94. The van der Waals surface area contributed by atoms with Crippen molar-refractivity contribution < 1.29 is 14.0 Å². The van der Waals surface area contributed by atoms with Gasteiger partial charge in [0, 0.05) is 25.1 Å². The van der Waals surface area contributed by atoms with Crippen molar-refractivity contribution in [3.8, 4) is 0 Å². The van der Waals surface area contributed by atoms with E-state index in [1.54, 1.807) is 35.3 Å². The summed E-state index contributed by atoms with van der Waals surface area (Å²) in [5.41, 5.74) is 1.17. The second-order valence-corrected chi connectivity index (χ2v) is 6.31. The lowest BCUT2D eigenvalue weighted by Crippen LogP contribution is -2.40. The first kappa shape index (κ1) is 17.9. The minimum Gasteiger partial charge on any atom is -0.339 e. The van der Waals surface area contributed by atoms with Gasteiger partial charge in [0.15, 0.2) is 0 Å². The molecule has 0 unspecified atom stereocenters. The molecule has 1 fully saturated rings. The number of likely N-dealkylation sites (tertiary alicyclic amines) is 1. The highest BCUT2D eigenvalue weighted by atomic mass is 19.1. The Hall–Kier alpha value is -2.95. The molecule has 1 saturated heterocycles. The molecular weight excluding hydrogens is 331 g/mol. The maximum atomic E-state index is 13.6. The molecule has 1 heterocycles. The Morgan fingerprint density at radius 3 is 2.35 bits per heavy atom. The minimum absolute atomic E-state index is 0.0539. The fourth-order valence-corrected chi connectivity index (χ4v) is 3.00. The van der Waals surface area contributed by atoms with E-state index < -0.39 is 5.82 Å². The van der Waals surface area contributed by atoms with E-state index >= 15 is 0 Å². The Kier molecular flexibility index (Phi) is 5.79.